The second-order valence-corrected chi connectivity index (χ2v) is 9.48. The Morgan fingerprint density at radius 2 is 1.82 bits per heavy atom. The van der Waals surface area contributed by atoms with Gasteiger partial charge in [0.05, 0.1) is 12.2 Å². The van der Waals surface area contributed by atoms with Crippen LogP contribution in [0, 0.1) is 5.82 Å². The lowest BCUT2D eigenvalue weighted by atomic mass is 9.96. The van der Waals surface area contributed by atoms with Gasteiger partial charge in [0, 0.05) is 25.6 Å². The van der Waals surface area contributed by atoms with E-state index < -0.39 is 23.1 Å². The van der Waals surface area contributed by atoms with Gasteiger partial charge < -0.3 is 14.2 Å². The van der Waals surface area contributed by atoms with E-state index in [2.05, 4.69) is 4.98 Å². The number of hydrogen-bond donors (Lipinski definition) is 0. The van der Waals surface area contributed by atoms with Gasteiger partial charge in [0.2, 0.25) is 5.75 Å². The maximum atomic E-state index is 14.4. The summed E-state index contributed by atoms with van der Waals surface area (Å²) in [5, 5.41) is 0. The van der Waals surface area contributed by atoms with Gasteiger partial charge in [-0.1, -0.05) is 43.7 Å². The van der Waals surface area contributed by atoms with Crippen LogP contribution in [0.2, 0.25) is 0 Å². The van der Waals surface area contributed by atoms with E-state index in [4.69, 9.17) is 4.74 Å². The highest BCUT2D eigenvalue weighted by Gasteiger charge is 2.35. The van der Waals surface area contributed by atoms with Crippen LogP contribution < -0.4 is 10.3 Å². The van der Waals surface area contributed by atoms with Crippen LogP contribution in [0.1, 0.15) is 61.1 Å². The molecule has 0 saturated heterocycles. The Hall–Kier alpha value is -3.69. The molecule has 1 aliphatic heterocycles. The average molecular weight is 532 g/mol. The van der Waals surface area contributed by atoms with Gasteiger partial charge >= 0.3 is 11.7 Å². The summed E-state index contributed by atoms with van der Waals surface area (Å²) in [5.41, 5.74) is -0.472. The standard InChI is InChI=1S/C28H29F4N3O3/c1-4-5-14-38-25-24-27(37)34(17(2)3)12-13-35(24)23(33-26(25)36)16-18-8-6-7-9-20(18)19-10-11-21(22(29)15-19)28(30,31)32/h6-11,15,17H,4-5,12-14,16H2,1-3H3. The molecule has 0 saturated carbocycles. The number of hydrogen-bond acceptors (Lipinski definition) is 4. The molecule has 0 N–H and O–H groups in total. The van der Waals surface area contributed by atoms with Crippen LogP contribution >= 0.6 is 0 Å². The second kappa shape index (κ2) is 11.0. The summed E-state index contributed by atoms with van der Waals surface area (Å²) >= 11 is 0. The topological polar surface area (TPSA) is 64.4 Å². The summed E-state index contributed by atoms with van der Waals surface area (Å²) in [6.45, 7) is 6.86. The third kappa shape index (κ3) is 5.44. The fraction of sp³-hybridized carbons (Fsp3) is 0.393. The molecule has 202 valence electrons. The Balaban J connectivity index is 1.79. The van der Waals surface area contributed by atoms with Gasteiger partial charge in [0.15, 0.2) is 5.69 Å². The van der Waals surface area contributed by atoms with Crippen molar-refractivity contribution >= 4 is 5.91 Å². The van der Waals surface area contributed by atoms with Crippen molar-refractivity contribution in [1.82, 2.24) is 14.5 Å². The van der Waals surface area contributed by atoms with E-state index in [1.165, 1.54) is 6.07 Å². The zero-order chi connectivity index (χ0) is 27.6. The molecule has 2 heterocycles. The minimum absolute atomic E-state index is 0.0735. The Morgan fingerprint density at radius 1 is 1.08 bits per heavy atom. The number of halogens is 4. The Morgan fingerprint density at radius 3 is 2.47 bits per heavy atom. The first-order valence-corrected chi connectivity index (χ1v) is 12.5. The van der Waals surface area contributed by atoms with Crippen LogP contribution in [0.25, 0.3) is 11.1 Å². The van der Waals surface area contributed by atoms with Crippen molar-refractivity contribution in [3.05, 3.63) is 81.3 Å². The highest BCUT2D eigenvalue weighted by molar-refractivity contribution is 5.96. The maximum Gasteiger partial charge on any atom is 0.419 e. The summed E-state index contributed by atoms with van der Waals surface area (Å²) in [5.74, 6) is -1.44. The second-order valence-electron chi connectivity index (χ2n) is 9.48. The fourth-order valence-corrected chi connectivity index (χ4v) is 4.60. The molecule has 0 fully saturated rings. The van der Waals surface area contributed by atoms with Crippen LogP contribution in [0.3, 0.4) is 0 Å². The largest absolute Gasteiger partial charge is 0.486 e. The number of alkyl halides is 3. The van der Waals surface area contributed by atoms with E-state index in [0.717, 1.165) is 12.5 Å². The smallest absolute Gasteiger partial charge is 0.419 e. The zero-order valence-corrected chi connectivity index (χ0v) is 21.4. The predicted molar refractivity (Wildman–Crippen MR) is 135 cm³/mol. The summed E-state index contributed by atoms with van der Waals surface area (Å²) in [6, 6.07) is 9.54. The van der Waals surface area contributed by atoms with Crippen molar-refractivity contribution in [2.75, 3.05) is 13.2 Å². The molecular formula is C28H29F4N3O3. The van der Waals surface area contributed by atoms with E-state index in [1.807, 2.05) is 20.8 Å². The van der Waals surface area contributed by atoms with Gasteiger partial charge in [-0.05, 0) is 49.1 Å². The van der Waals surface area contributed by atoms with Gasteiger partial charge in [-0.15, -0.1) is 0 Å². The minimum Gasteiger partial charge on any atom is -0.486 e. The average Bonchev–Trinajstić information content (AvgIpc) is 2.85. The molecule has 0 unspecified atom stereocenters. The van der Waals surface area contributed by atoms with Crippen LogP contribution in [-0.2, 0) is 19.1 Å². The molecule has 6 nitrogen and oxygen atoms in total. The molecule has 2 aromatic carbocycles. The first kappa shape index (κ1) is 27.3. The molecule has 0 bridgehead atoms. The Labute approximate surface area is 217 Å². The number of amides is 1. The van der Waals surface area contributed by atoms with Crippen LogP contribution in [-0.4, -0.2) is 39.6 Å². The van der Waals surface area contributed by atoms with Crippen molar-refractivity contribution < 1.29 is 27.1 Å². The molecular weight excluding hydrogens is 502 g/mol. The molecule has 0 atom stereocenters. The number of fused-ring (bicyclic) bond motifs is 1. The van der Waals surface area contributed by atoms with Crippen molar-refractivity contribution in [3.63, 3.8) is 0 Å². The normalized spacial score (nSPS) is 13.7. The van der Waals surface area contributed by atoms with Gasteiger partial charge in [0.25, 0.3) is 5.91 Å². The molecule has 4 rings (SSSR count). The molecule has 10 heteroatoms. The van der Waals surface area contributed by atoms with Crippen LogP contribution in [0.4, 0.5) is 17.6 Å². The third-order valence-electron chi connectivity index (χ3n) is 6.57. The molecule has 1 amide bonds. The number of nitrogens with zero attached hydrogens (tertiary/aromatic N) is 3. The van der Waals surface area contributed by atoms with Crippen LogP contribution in [0.5, 0.6) is 5.75 Å². The molecule has 1 aliphatic rings. The van der Waals surface area contributed by atoms with Gasteiger partial charge in [-0.3, -0.25) is 9.59 Å². The molecule has 0 radical (unpaired) electrons. The number of rotatable bonds is 8. The predicted octanol–water partition coefficient (Wildman–Crippen LogP) is 5.70. The van der Waals surface area contributed by atoms with Gasteiger partial charge in [-0.2, -0.15) is 18.2 Å². The monoisotopic (exact) mass is 531 g/mol. The fourth-order valence-electron chi connectivity index (χ4n) is 4.60. The SMILES string of the molecule is CCCCOc1c2n(c(Cc3ccccc3-c3ccc(C(F)(F)F)c(F)c3)nc1=O)CCN(C(C)C)C2=O. The summed E-state index contributed by atoms with van der Waals surface area (Å²) in [7, 11) is 0. The number of carbonyl (C=O) groups excluding carboxylic acids is 1. The van der Waals surface area contributed by atoms with E-state index in [1.54, 1.807) is 33.7 Å². The zero-order valence-electron chi connectivity index (χ0n) is 21.4. The Bertz CT molecular complexity index is 1400. The van der Waals surface area contributed by atoms with Gasteiger partial charge in [0.1, 0.15) is 11.6 Å². The maximum absolute atomic E-state index is 14.4. The van der Waals surface area contributed by atoms with Crippen LogP contribution in [0.15, 0.2) is 47.3 Å². The number of benzene rings is 2. The summed E-state index contributed by atoms with van der Waals surface area (Å²) < 4.78 is 61.0. The minimum atomic E-state index is -4.80. The lowest BCUT2D eigenvalue weighted by molar-refractivity contribution is -0.139. The molecule has 1 aromatic heterocycles. The highest BCUT2D eigenvalue weighted by Crippen LogP contribution is 2.35. The number of carbonyl (C=O) groups is 1. The van der Waals surface area contributed by atoms with Crippen molar-refractivity contribution in [2.24, 2.45) is 0 Å². The summed E-state index contributed by atoms with van der Waals surface area (Å²) in [6.07, 6.45) is -3.14. The number of aromatic nitrogens is 2. The first-order valence-electron chi connectivity index (χ1n) is 12.5. The van der Waals surface area contributed by atoms with Crippen molar-refractivity contribution in [1.29, 1.82) is 0 Å². The van der Waals surface area contributed by atoms with Crippen molar-refractivity contribution in [2.45, 2.75) is 58.8 Å². The third-order valence-corrected chi connectivity index (χ3v) is 6.57. The lowest BCUT2D eigenvalue weighted by Gasteiger charge is -2.34. The van der Waals surface area contributed by atoms with Crippen molar-refractivity contribution in [3.8, 4) is 16.9 Å². The Kier molecular flexibility index (Phi) is 7.89. The highest BCUT2D eigenvalue weighted by atomic mass is 19.4. The molecule has 3 aromatic rings. The lowest BCUT2D eigenvalue weighted by Crippen LogP contribution is -2.46. The quantitative estimate of drug-likeness (QED) is 0.276. The molecule has 0 aliphatic carbocycles. The summed E-state index contributed by atoms with van der Waals surface area (Å²) in [4.78, 5) is 32.4. The van der Waals surface area contributed by atoms with E-state index >= 15 is 0 Å². The molecule has 0 spiro atoms. The van der Waals surface area contributed by atoms with E-state index in [9.17, 15) is 27.2 Å². The number of ether oxygens (including phenoxy) is 1. The number of unbranched alkanes of at least 4 members (excludes halogenated alkanes) is 1. The van der Waals surface area contributed by atoms with Gasteiger partial charge in [-0.25, -0.2) is 4.39 Å². The molecule has 38 heavy (non-hydrogen) atoms. The first-order chi connectivity index (χ1) is 18.0. The van der Waals surface area contributed by atoms with E-state index in [0.29, 0.717) is 42.5 Å². The van der Waals surface area contributed by atoms with E-state index in [-0.39, 0.29) is 42.0 Å².